The molecule has 1 aromatic heterocycles. The summed E-state index contributed by atoms with van der Waals surface area (Å²) in [5, 5.41) is 9.46. The van der Waals surface area contributed by atoms with Crippen LogP contribution in [0.3, 0.4) is 0 Å². The van der Waals surface area contributed by atoms with Gasteiger partial charge in [-0.05, 0) is 11.6 Å². The maximum absolute atomic E-state index is 11.8. The number of halogens is 1. The molecule has 9 heteroatoms. The van der Waals surface area contributed by atoms with E-state index in [-0.39, 0.29) is 17.0 Å². The summed E-state index contributed by atoms with van der Waals surface area (Å²) in [6, 6.07) is -0.620. The average Bonchev–Trinajstić information content (AvgIpc) is 2.88. The third-order valence-electron chi connectivity index (χ3n) is 3.23. The molecule has 1 fully saturated rings. The Morgan fingerprint density at radius 2 is 2.33 bits per heavy atom. The minimum atomic E-state index is -1.13. The van der Waals surface area contributed by atoms with Gasteiger partial charge in [-0.25, -0.2) is 9.78 Å². The molecule has 0 saturated carbocycles. The van der Waals surface area contributed by atoms with Crippen LogP contribution in [-0.2, 0) is 9.59 Å². The number of fused-ring (bicyclic) bond motifs is 1. The van der Waals surface area contributed by atoms with E-state index >= 15 is 0 Å². The number of carbonyl (C=O) groups is 2. The van der Waals surface area contributed by atoms with Gasteiger partial charge in [0.1, 0.15) is 22.3 Å². The Morgan fingerprint density at radius 1 is 1.57 bits per heavy atom. The molecule has 0 radical (unpaired) electrons. The van der Waals surface area contributed by atoms with Crippen LogP contribution in [0, 0.1) is 0 Å². The second-order valence-corrected chi connectivity index (χ2v) is 6.80. The quantitative estimate of drug-likeness (QED) is 0.805. The summed E-state index contributed by atoms with van der Waals surface area (Å²) in [7, 11) is 0. The van der Waals surface area contributed by atoms with Crippen LogP contribution in [0.1, 0.15) is 4.88 Å². The van der Waals surface area contributed by atoms with Crippen LogP contribution < -0.4 is 5.73 Å². The first-order valence-electron chi connectivity index (χ1n) is 5.94. The Bertz CT molecular complexity index is 685. The van der Waals surface area contributed by atoms with E-state index in [9.17, 15) is 14.7 Å². The summed E-state index contributed by atoms with van der Waals surface area (Å²) >= 11 is 8.71. The number of thioether (sulfide) groups is 1. The second kappa shape index (κ2) is 5.45. The molecule has 2 aliphatic heterocycles. The lowest BCUT2D eigenvalue weighted by Crippen LogP contribution is -2.68. The molecule has 21 heavy (non-hydrogen) atoms. The van der Waals surface area contributed by atoms with Crippen molar-refractivity contribution in [3.05, 3.63) is 32.9 Å². The number of rotatable bonds is 3. The minimum Gasteiger partial charge on any atom is -0.477 e. The maximum Gasteiger partial charge on any atom is 0.352 e. The molecule has 0 aliphatic carbocycles. The van der Waals surface area contributed by atoms with Crippen LogP contribution in [0.15, 0.2) is 22.9 Å². The number of aromatic nitrogens is 1. The smallest absolute Gasteiger partial charge is 0.352 e. The fourth-order valence-electron chi connectivity index (χ4n) is 2.19. The molecular formula is C12H10ClN3O3S2. The number of β-lactam (4-membered cyclic amide) rings is 1. The first kappa shape index (κ1) is 14.6. The largest absolute Gasteiger partial charge is 0.477 e. The normalized spacial score (nSPS) is 25.2. The van der Waals surface area contributed by atoms with Gasteiger partial charge in [0.15, 0.2) is 0 Å². The number of carboxylic acid groups (broad SMARTS) is 1. The van der Waals surface area contributed by atoms with Crippen LogP contribution in [0.25, 0.3) is 6.08 Å². The third-order valence-corrected chi connectivity index (χ3v) is 5.76. The lowest BCUT2D eigenvalue weighted by molar-refractivity contribution is -0.147. The van der Waals surface area contributed by atoms with Gasteiger partial charge < -0.3 is 10.8 Å². The van der Waals surface area contributed by atoms with Gasteiger partial charge in [-0.2, -0.15) is 0 Å². The van der Waals surface area contributed by atoms with Crippen LogP contribution in [0.5, 0.6) is 0 Å². The van der Waals surface area contributed by atoms with Crippen LogP contribution in [0.2, 0.25) is 5.15 Å². The topological polar surface area (TPSA) is 96.5 Å². The number of carboxylic acids is 1. The molecule has 110 valence electrons. The van der Waals surface area contributed by atoms with Crippen molar-refractivity contribution in [1.82, 2.24) is 9.88 Å². The number of carbonyl (C=O) groups excluding carboxylic acids is 1. The summed E-state index contributed by atoms with van der Waals surface area (Å²) < 4.78 is 0. The molecule has 3 N–H and O–H groups in total. The molecule has 1 aromatic rings. The lowest BCUT2D eigenvalue weighted by atomic mass is 10.0. The number of nitrogens with zero attached hydrogens (tertiary/aromatic N) is 2. The van der Waals surface area contributed by atoms with Crippen molar-refractivity contribution < 1.29 is 14.7 Å². The first-order valence-corrected chi connectivity index (χ1v) is 8.25. The summed E-state index contributed by atoms with van der Waals surface area (Å²) in [5.74, 6) is -1.00. The number of thiazole rings is 1. The highest BCUT2D eigenvalue weighted by atomic mass is 35.5. The maximum atomic E-state index is 11.8. The molecular weight excluding hydrogens is 334 g/mol. The predicted molar refractivity (Wildman–Crippen MR) is 81.9 cm³/mol. The SMILES string of the molecule is NC1C(=O)N2C(C(=O)O)=C(C=Cc3scnc3Cl)CS[C@H]12. The van der Waals surface area contributed by atoms with Crippen LogP contribution in [0.4, 0.5) is 0 Å². The highest BCUT2D eigenvalue weighted by Crippen LogP contribution is 2.40. The molecule has 2 atom stereocenters. The van der Waals surface area contributed by atoms with Crippen molar-refractivity contribution in [2.75, 3.05) is 5.75 Å². The van der Waals surface area contributed by atoms with Crippen molar-refractivity contribution in [2.45, 2.75) is 11.4 Å². The van der Waals surface area contributed by atoms with Crippen molar-refractivity contribution in [3.63, 3.8) is 0 Å². The Kier molecular flexibility index (Phi) is 3.78. The van der Waals surface area contributed by atoms with Crippen LogP contribution >= 0.6 is 34.7 Å². The molecule has 3 heterocycles. The zero-order valence-electron chi connectivity index (χ0n) is 10.5. The molecule has 0 bridgehead atoms. The highest BCUT2D eigenvalue weighted by molar-refractivity contribution is 8.00. The van der Waals surface area contributed by atoms with Crippen molar-refractivity contribution >= 4 is 52.7 Å². The van der Waals surface area contributed by atoms with E-state index in [0.717, 1.165) is 4.88 Å². The Hall–Kier alpha value is -1.35. The second-order valence-electron chi connectivity index (χ2n) is 4.46. The molecule has 1 amide bonds. The molecule has 1 saturated heterocycles. The molecule has 6 nitrogen and oxygen atoms in total. The number of allylic oxidation sites excluding steroid dienone is 1. The Balaban J connectivity index is 1.95. The van der Waals surface area contributed by atoms with Gasteiger partial charge in [-0.1, -0.05) is 17.7 Å². The predicted octanol–water partition coefficient (Wildman–Crippen LogP) is 1.39. The van der Waals surface area contributed by atoms with Gasteiger partial charge in [-0.3, -0.25) is 9.69 Å². The van der Waals surface area contributed by atoms with Gasteiger partial charge in [0.05, 0.1) is 10.4 Å². The van der Waals surface area contributed by atoms with Gasteiger partial charge in [0.2, 0.25) is 5.91 Å². The summed E-state index contributed by atoms with van der Waals surface area (Å²) in [6.45, 7) is 0. The summed E-state index contributed by atoms with van der Waals surface area (Å²) in [6.07, 6.45) is 3.38. The zero-order chi connectivity index (χ0) is 15.1. The summed E-state index contributed by atoms with van der Waals surface area (Å²) in [4.78, 5) is 29.2. The van der Waals surface area contributed by atoms with Gasteiger partial charge >= 0.3 is 5.97 Å². The fourth-order valence-corrected chi connectivity index (χ4v) is 4.33. The average molecular weight is 344 g/mol. The van der Waals surface area contributed by atoms with Gasteiger partial charge in [0.25, 0.3) is 0 Å². The molecule has 0 aromatic carbocycles. The van der Waals surface area contributed by atoms with E-state index in [2.05, 4.69) is 4.98 Å². The van der Waals surface area contributed by atoms with Crippen molar-refractivity contribution in [3.8, 4) is 0 Å². The molecule has 2 aliphatic rings. The number of hydrogen-bond donors (Lipinski definition) is 2. The number of amides is 1. The van der Waals surface area contributed by atoms with E-state index in [0.29, 0.717) is 16.5 Å². The molecule has 1 unspecified atom stereocenters. The molecule has 3 rings (SSSR count). The number of nitrogens with two attached hydrogens (primary N) is 1. The highest BCUT2D eigenvalue weighted by Gasteiger charge is 2.51. The lowest BCUT2D eigenvalue weighted by Gasteiger charge is -2.47. The fraction of sp³-hybridized carbons (Fsp3) is 0.250. The van der Waals surface area contributed by atoms with E-state index in [1.54, 1.807) is 17.7 Å². The Labute approximate surface area is 133 Å². The standard InChI is InChI=1S/C12H10ClN3O3S2/c13-9-6(21-4-15-9)2-1-5-3-20-11-7(14)10(17)16(11)8(5)12(18)19/h1-2,4,7,11H,3,14H2,(H,18,19)/t7?,11-/m1/s1. The van der Waals surface area contributed by atoms with Gasteiger partial charge in [-0.15, -0.1) is 23.1 Å². The Morgan fingerprint density at radius 3 is 2.95 bits per heavy atom. The molecule has 0 spiro atoms. The first-order chi connectivity index (χ1) is 10.0. The number of hydrogen-bond acceptors (Lipinski definition) is 6. The van der Waals surface area contributed by atoms with E-state index < -0.39 is 12.0 Å². The number of aliphatic carboxylic acids is 1. The third kappa shape index (κ3) is 2.38. The monoisotopic (exact) mass is 343 g/mol. The van der Waals surface area contributed by atoms with Gasteiger partial charge in [0, 0.05) is 5.75 Å². The summed E-state index contributed by atoms with van der Waals surface area (Å²) in [5.41, 5.74) is 7.86. The minimum absolute atomic E-state index is 0.00216. The van der Waals surface area contributed by atoms with E-state index in [1.165, 1.54) is 28.0 Å². The zero-order valence-corrected chi connectivity index (χ0v) is 12.9. The van der Waals surface area contributed by atoms with Crippen molar-refractivity contribution in [2.24, 2.45) is 5.73 Å². The van der Waals surface area contributed by atoms with Crippen molar-refractivity contribution in [1.29, 1.82) is 0 Å². The van der Waals surface area contributed by atoms with E-state index in [1.807, 2.05) is 0 Å². The van der Waals surface area contributed by atoms with Crippen LogP contribution in [-0.4, -0.2) is 44.0 Å². The van der Waals surface area contributed by atoms with E-state index in [4.69, 9.17) is 17.3 Å².